The van der Waals surface area contributed by atoms with Gasteiger partial charge in [-0.3, -0.25) is 0 Å². The molecule has 0 aromatic heterocycles. The molecule has 0 atom stereocenters. The van der Waals surface area contributed by atoms with Crippen molar-refractivity contribution in [3.05, 3.63) is 77.4 Å². The lowest BCUT2D eigenvalue weighted by Crippen LogP contribution is -2.06. The summed E-state index contributed by atoms with van der Waals surface area (Å²) in [7, 11) is 1.34. The van der Waals surface area contributed by atoms with Crippen molar-refractivity contribution in [1.82, 2.24) is 0 Å². The van der Waals surface area contributed by atoms with E-state index in [0.29, 0.717) is 28.9 Å². The van der Waals surface area contributed by atoms with Crippen molar-refractivity contribution in [3.8, 4) is 0 Å². The first-order valence-electron chi connectivity index (χ1n) is 7.22. The van der Waals surface area contributed by atoms with Crippen LogP contribution in [0.5, 0.6) is 0 Å². The predicted octanol–water partition coefficient (Wildman–Crippen LogP) is 3.71. The molecule has 0 bridgehead atoms. The second-order valence-electron chi connectivity index (χ2n) is 4.81. The van der Waals surface area contributed by atoms with Crippen LogP contribution in [0.4, 0.5) is 0 Å². The highest BCUT2D eigenvalue weighted by Crippen LogP contribution is 2.25. The molecule has 2 aromatic carbocycles. The summed E-state index contributed by atoms with van der Waals surface area (Å²) in [5.74, 6) is -0.774. The number of hydrogen-bond donors (Lipinski definition) is 0. The maximum atomic E-state index is 11.9. The second kappa shape index (κ2) is 7.40. The van der Waals surface area contributed by atoms with Crippen LogP contribution in [0.3, 0.4) is 0 Å². The van der Waals surface area contributed by atoms with Crippen molar-refractivity contribution in [2.75, 3.05) is 13.7 Å². The molecule has 0 spiro atoms. The molecule has 0 aliphatic heterocycles. The van der Waals surface area contributed by atoms with Gasteiger partial charge in [-0.15, -0.1) is 0 Å². The van der Waals surface area contributed by atoms with E-state index in [-0.39, 0.29) is 5.97 Å². The quantitative estimate of drug-likeness (QED) is 0.790. The van der Waals surface area contributed by atoms with Gasteiger partial charge in [-0.1, -0.05) is 36.9 Å². The van der Waals surface area contributed by atoms with Gasteiger partial charge < -0.3 is 9.47 Å². The maximum Gasteiger partial charge on any atom is 0.338 e. The summed E-state index contributed by atoms with van der Waals surface area (Å²) in [5, 5.41) is 0. The van der Waals surface area contributed by atoms with Gasteiger partial charge in [0, 0.05) is 0 Å². The van der Waals surface area contributed by atoms with E-state index in [9.17, 15) is 9.59 Å². The fourth-order valence-electron chi connectivity index (χ4n) is 2.21. The van der Waals surface area contributed by atoms with E-state index in [1.807, 2.05) is 12.1 Å². The lowest BCUT2D eigenvalue weighted by molar-refractivity contribution is 0.0525. The average molecular weight is 310 g/mol. The van der Waals surface area contributed by atoms with E-state index in [1.165, 1.54) is 7.11 Å². The molecule has 4 nitrogen and oxygen atoms in total. The molecule has 0 saturated heterocycles. The SMILES string of the molecule is C=C(c1ccc(C(=O)OCC)cc1)c1ccccc1C(=O)OC. The molecule has 0 saturated carbocycles. The van der Waals surface area contributed by atoms with Gasteiger partial charge in [0.05, 0.1) is 24.8 Å². The second-order valence-corrected chi connectivity index (χ2v) is 4.81. The van der Waals surface area contributed by atoms with Crippen molar-refractivity contribution in [1.29, 1.82) is 0 Å². The van der Waals surface area contributed by atoms with Crippen LogP contribution in [0.1, 0.15) is 38.8 Å². The summed E-state index contributed by atoms with van der Waals surface area (Å²) in [4.78, 5) is 23.5. The summed E-state index contributed by atoms with van der Waals surface area (Å²) >= 11 is 0. The van der Waals surface area contributed by atoms with Gasteiger partial charge in [-0.2, -0.15) is 0 Å². The number of methoxy groups -OCH3 is 1. The van der Waals surface area contributed by atoms with E-state index < -0.39 is 5.97 Å². The molecule has 0 radical (unpaired) electrons. The molecule has 0 amide bonds. The molecular weight excluding hydrogens is 292 g/mol. The molecule has 0 aliphatic rings. The topological polar surface area (TPSA) is 52.6 Å². The number of carbonyl (C=O) groups excluding carboxylic acids is 2. The minimum atomic E-state index is -0.412. The van der Waals surface area contributed by atoms with Gasteiger partial charge in [0.15, 0.2) is 0 Å². The fraction of sp³-hybridized carbons (Fsp3) is 0.158. The maximum absolute atomic E-state index is 11.9. The van der Waals surface area contributed by atoms with E-state index in [1.54, 1.807) is 43.3 Å². The number of ether oxygens (including phenoxy) is 2. The van der Waals surface area contributed by atoms with E-state index >= 15 is 0 Å². The van der Waals surface area contributed by atoms with E-state index in [0.717, 1.165) is 5.56 Å². The Kier molecular flexibility index (Phi) is 5.31. The van der Waals surface area contributed by atoms with Gasteiger partial charge in [0.25, 0.3) is 0 Å². The smallest absolute Gasteiger partial charge is 0.338 e. The Bertz CT molecular complexity index is 729. The lowest BCUT2D eigenvalue weighted by Gasteiger charge is -2.11. The van der Waals surface area contributed by atoms with Crippen molar-refractivity contribution in [3.63, 3.8) is 0 Å². The van der Waals surface area contributed by atoms with Crippen LogP contribution in [-0.2, 0) is 9.47 Å². The normalized spacial score (nSPS) is 10.0. The van der Waals surface area contributed by atoms with Crippen molar-refractivity contribution in [2.24, 2.45) is 0 Å². The highest BCUT2D eigenvalue weighted by molar-refractivity contribution is 5.97. The molecule has 0 fully saturated rings. The van der Waals surface area contributed by atoms with E-state index in [4.69, 9.17) is 9.47 Å². The molecule has 0 heterocycles. The van der Waals surface area contributed by atoms with Crippen LogP contribution in [0, 0.1) is 0 Å². The number of carbonyl (C=O) groups is 2. The number of rotatable bonds is 5. The molecule has 0 aliphatic carbocycles. The monoisotopic (exact) mass is 310 g/mol. The van der Waals surface area contributed by atoms with Gasteiger partial charge >= 0.3 is 11.9 Å². The summed E-state index contributed by atoms with van der Waals surface area (Å²) in [6, 6.07) is 14.0. The molecule has 4 heteroatoms. The van der Waals surface area contributed by atoms with Crippen molar-refractivity contribution >= 4 is 17.5 Å². The summed E-state index contributed by atoms with van der Waals surface area (Å²) in [5.41, 5.74) is 3.12. The Labute approximate surface area is 135 Å². The van der Waals surface area contributed by atoms with Crippen LogP contribution in [0.25, 0.3) is 5.57 Å². The molecule has 0 N–H and O–H groups in total. The van der Waals surface area contributed by atoms with Crippen LogP contribution in [-0.4, -0.2) is 25.7 Å². The highest BCUT2D eigenvalue weighted by atomic mass is 16.5. The van der Waals surface area contributed by atoms with Gasteiger partial charge in [0.2, 0.25) is 0 Å². The average Bonchev–Trinajstić information content (AvgIpc) is 2.60. The van der Waals surface area contributed by atoms with Crippen LogP contribution >= 0.6 is 0 Å². The molecular formula is C19H18O4. The third-order valence-corrected chi connectivity index (χ3v) is 3.40. The zero-order valence-electron chi connectivity index (χ0n) is 13.2. The van der Waals surface area contributed by atoms with Gasteiger partial charge in [-0.25, -0.2) is 9.59 Å². The standard InChI is InChI=1S/C19H18O4/c1-4-23-18(20)15-11-9-14(10-12-15)13(2)16-7-5-6-8-17(16)19(21)22-3/h5-12H,2,4H2,1,3H3. The largest absolute Gasteiger partial charge is 0.465 e. The Morgan fingerprint density at radius 1 is 0.913 bits per heavy atom. The number of benzene rings is 2. The first kappa shape index (κ1) is 16.5. The Morgan fingerprint density at radius 2 is 1.48 bits per heavy atom. The zero-order chi connectivity index (χ0) is 16.8. The van der Waals surface area contributed by atoms with Crippen LogP contribution < -0.4 is 0 Å². The highest BCUT2D eigenvalue weighted by Gasteiger charge is 2.14. The predicted molar refractivity (Wildman–Crippen MR) is 88.3 cm³/mol. The van der Waals surface area contributed by atoms with Crippen molar-refractivity contribution in [2.45, 2.75) is 6.92 Å². The fourth-order valence-corrected chi connectivity index (χ4v) is 2.21. The molecule has 23 heavy (non-hydrogen) atoms. The minimum absolute atomic E-state index is 0.333. The summed E-state index contributed by atoms with van der Waals surface area (Å²) in [6.45, 7) is 6.15. The third kappa shape index (κ3) is 3.66. The summed E-state index contributed by atoms with van der Waals surface area (Å²) < 4.78 is 9.75. The summed E-state index contributed by atoms with van der Waals surface area (Å²) in [6.07, 6.45) is 0. The van der Waals surface area contributed by atoms with Gasteiger partial charge in [-0.05, 0) is 41.8 Å². The lowest BCUT2D eigenvalue weighted by atomic mass is 9.94. The van der Waals surface area contributed by atoms with Crippen molar-refractivity contribution < 1.29 is 19.1 Å². The first-order chi connectivity index (χ1) is 11.1. The number of esters is 2. The molecule has 2 rings (SSSR count). The number of hydrogen-bond acceptors (Lipinski definition) is 4. The van der Waals surface area contributed by atoms with Crippen LogP contribution in [0.15, 0.2) is 55.1 Å². The Balaban J connectivity index is 2.31. The molecule has 2 aromatic rings. The van der Waals surface area contributed by atoms with Gasteiger partial charge in [0.1, 0.15) is 0 Å². The third-order valence-electron chi connectivity index (χ3n) is 3.40. The minimum Gasteiger partial charge on any atom is -0.465 e. The van der Waals surface area contributed by atoms with E-state index in [2.05, 4.69) is 6.58 Å². The Morgan fingerprint density at radius 3 is 2.04 bits per heavy atom. The molecule has 0 unspecified atom stereocenters. The zero-order valence-corrected chi connectivity index (χ0v) is 13.2. The molecule has 118 valence electrons. The first-order valence-corrected chi connectivity index (χ1v) is 7.22. The van der Waals surface area contributed by atoms with Crippen LogP contribution in [0.2, 0.25) is 0 Å². The Hall–Kier alpha value is -2.88.